The number of hydrogen-bond acceptors (Lipinski definition) is 5. The molecule has 5 nitrogen and oxygen atoms in total. The van der Waals surface area contributed by atoms with Crippen LogP contribution in [-0.2, 0) is 23.8 Å². The standard InChI is InChI=1S/C65H126O5/c1-4-7-10-13-16-19-22-25-28-31-33-35-37-40-43-46-49-52-55-58-64(66)69-62-63(61-68-60-57-54-51-48-45-42-39-30-27-24-21-18-15-12-9-6-3)70-65(67)59-56-53-50-47-44-41-38-36-34-32-29-26-23-20-17-14-11-8-5-2/h25,28,63H,4-24,26-27,29-62H2,1-3H3/b28-25-. The van der Waals surface area contributed by atoms with Gasteiger partial charge in [-0.3, -0.25) is 9.59 Å². The molecule has 0 aliphatic rings. The lowest BCUT2D eigenvalue weighted by Crippen LogP contribution is -2.30. The third kappa shape index (κ3) is 59.2. The molecule has 0 radical (unpaired) electrons. The minimum Gasteiger partial charge on any atom is -0.462 e. The lowest BCUT2D eigenvalue weighted by molar-refractivity contribution is -0.163. The summed E-state index contributed by atoms with van der Waals surface area (Å²) in [6.07, 6.45) is 73.9. The molecular formula is C65H126O5. The quantitative estimate of drug-likeness (QED) is 0.0345. The number of carbonyl (C=O) groups is 2. The zero-order valence-corrected chi connectivity index (χ0v) is 48.1. The Bertz CT molecular complexity index is 1030. The summed E-state index contributed by atoms with van der Waals surface area (Å²) in [6, 6.07) is 0. The summed E-state index contributed by atoms with van der Waals surface area (Å²) < 4.78 is 17.6. The summed E-state index contributed by atoms with van der Waals surface area (Å²) in [4.78, 5) is 25.6. The largest absolute Gasteiger partial charge is 0.462 e. The average Bonchev–Trinajstić information content (AvgIpc) is 3.36. The average molecular weight is 988 g/mol. The van der Waals surface area contributed by atoms with Crippen LogP contribution in [0.1, 0.15) is 367 Å². The van der Waals surface area contributed by atoms with Gasteiger partial charge >= 0.3 is 11.9 Å². The van der Waals surface area contributed by atoms with Crippen molar-refractivity contribution in [3.63, 3.8) is 0 Å². The molecule has 0 aromatic rings. The Kier molecular flexibility index (Phi) is 60.7. The lowest BCUT2D eigenvalue weighted by Gasteiger charge is -2.18. The van der Waals surface area contributed by atoms with Gasteiger partial charge in [0.25, 0.3) is 0 Å². The second-order valence-electron chi connectivity index (χ2n) is 22.0. The van der Waals surface area contributed by atoms with Crippen molar-refractivity contribution in [3.8, 4) is 0 Å². The molecule has 0 rings (SSSR count). The van der Waals surface area contributed by atoms with Crippen molar-refractivity contribution >= 4 is 11.9 Å². The van der Waals surface area contributed by atoms with Gasteiger partial charge in [0.15, 0.2) is 6.10 Å². The Morgan fingerprint density at radius 1 is 0.300 bits per heavy atom. The first kappa shape index (κ1) is 68.6. The number of ether oxygens (including phenoxy) is 3. The van der Waals surface area contributed by atoms with Gasteiger partial charge in [0.2, 0.25) is 0 Å². The Morgan fingerprint density at radius 3 is 0.871 bits per heavy atom. The van der Waals surface area contributed by atoms with Gasteiger partial charge in [0, 0.05) is 19.4 Å². The third-order valence-electron chi connectivity index (χ3n) is 14.8. The molecule has 0 bridgehead atoms. The van der Waals surface area contributed by atoms with Gasteiger partial charge in [-0.2, -0.15) is 0 Å². The van der Waals surface area contributed by atoms with Crippen molar-refractivity contribution in [2.75, 3.05) is 19.8 Å². The molecule has 0 saturated carbocycles. The molecule has 0 aliphatic carbocycles. The van der Waals surface area contributed by atoms with E-state index >= 15 is 0 Å². The van der Waals surface area contributed by atoms with Gasteiger partial charge in [0.1, 0.15) is 6.61 Å². The highest BCUT2D eigenvalue weighted by Gasteiger charge is 2.18. The zero-order valence-electron chi connectivity index (χ0n) is 48.1. The van der Waals surface area contributed by atoms with Crippen LogP contribution >= 0.6 is 0 Å². The number of allylic oxidation sites excluding steroid dienone is 2. The van der Waals surface area contributed by atoms with E-state index in [1.54, 1.807) is 0 Å². The van der Waals surface area contributed by atoms with E-state index in [0.717, 1.165) is 32.1 Å². The molecule has 5 heteroatoms. The van der Waals surface area contributed by atoms with Gasteiger partial charge in [0.05, 0.1) is 6.61 Å². The summed E-state index contributed by atoms with van der Waals surface area (Å²) >= 11 is 0. The van der Waals surface area contributed by atoms with E-state index in [2.05, 4.69) is 32.9 Å². The van der Waals surface area contributed by atoms with Crippen LogP contribution in [0.5, 0.6) is 0 Å². The first-order valence-corrected chi connectivity index (χ1v) is 32.2. The zero-order chi connectivity index (χ0) is 50.6. The summed E-state index contributed by atoms with van der Waals surface area (Å²) in [5, 5.41) is 0. The molecule has 0 fully saturated rings. The Balaban J connectivity index is 4.19. The monoisotopic (exact) mass is 987 g/mol. The van der Waals surface area contributed by atoms with E-state index < -0.39 is 6.10 Å². The second-order valence-corrected chi connectivity index (χ2v) is 22.0. The molecule has 0 aliphatic heterocycles. The van der Waals surface area contributed by atoms with E-state index in [9.17, 15) is 9.59 Å². The van der Waals surface area contributed by atoms with Crippen LogP contribution in [0.4, 0.5) is 0 Å². The van der Waals surface area contributed by atoms with Crippen LogP contribution in [0, 0.1) is 0 Å². The highest BCUT2D eigenvalue weighted by Crippen LogP contribution is 2.18. The highest BCUT2D eigenvalue weighted by molar-refractivity contribution is 5.70. The van der Waals surface area contributed by atoms with Crippen LogP contribution in [-0.4, -0.2) is 37.9 Å². The Morgan fingerprint density at radius 2 is 0.557 bits per heavy atom. The highest BCUT2D eigenvalue weighted by atomic mass is 16.6. The van der Waals surface area contributed by atoms with E-state index in [-0.39, 0.29) is 18.5 Å². The third-order valence-corrected chi connectivity index (χ3v) is 14.8. The number of carbonyl (C=O) groups excluding carboxylic acids is 2. The van der Waals surface area contributed by atoms with Crippen molar-refractivity contribution < 1.29 is 23.8 Å². The predicted octanol–water partition coefficient (Wildman–Crippen LogP) is 22.1. The number of hydrogen-bond donors (Lipinski definition) is 0. The van der Waals surface area contributed by atoms with Gasteiger partial charge in [-0.25, -0.2) is 0 Å². The van der Waals surface area contributed by atoms with Crippen LogP contribution in [0.25, 0.3) is 0 Å². The van der Waals surface area contributed by atoms with E-state index in [1.165, 1.54) is 302 Å². The van der Waals surface area contributed by atoms with Gasteiger partial charge in [-0.15, -0.1) is 0 Å². The molecule has 0 aromatic carbocycles. The Labute approximate surface area is 439 Å². The van der Waals surface area contributed by atoms with Gasteiger partial charge in [-0.1, -0.05) is 322 Å². The summed E-state index contributed by atoms with van der Waals surface area (Å²) in [5.74, 6) is -0.367. The molecule has 1 atom stereocenters. The van der Waals surface area contributed by atoms with Crippen molar-refractivity contribution in [2.24, 2.45) is 0 Å². The van der Waals surface area contributed by atoms with Crippen molar-refractivity contribution in [1.82, 2.24) is 0 Å². The molecule has 416 valence electrons. The van der Waals surface area contributed by atoms with Gasteiger partial charge in [-0.05, 0) is 44.9 Å². The lowest BCUT2D eigenvalue weighted by atomic mass is 10.0. The van der Waals surface area contributed by atoms with Crippen molar-refractivity contribution in [2.45, 2.75) is 374 Å². The molecule has 0 N–H and O–H groups in total. The van der Waals surface area contributed by atoms with E-state index in [4.69, 9.17) is 14.2 Å². The number of unbranched alkanes of at least 4 members (excludes halogenated alkanes) is 48. The minimum atomic E-state index is -0.529. The molecule has 0 spiro atoms. The SMILES string of the molecule is CCCCCCCC/C=C\CCCCCCCCCCCC(=O)OCC(COCCCCCCCCCCCCCCCCCC)OC(=O)CCCCCCCCCCCCCCCCCCCCC. The smallest absolute Gasteiger partial charge is 0.306 e. The number of rotatable bonds is 61. The van der Waals surface area contributed by atoms with Crippen molar-refractivity contribution in [1.29, 1.82) is 0 Å². The number of esters is 2. The molecule has 1 unspecified atom stereocenters. The van der Waals surface area contributed by atoms with Gasteiger partial charge < -0.3 is 14.2 Å². The van der Waals surface area contributed by atoms with E-state index in [1.807, 2.05) is 0 Å². The minimum absolute atomic E-state index is 0.0949. The summed E-state index contributed by atoms with van der Waals surface area (Å²) in [6.45, 7) is 7.93. The summed E-state index contributed by atoms with van der Waals surface area (Å²) in [5.41, 5.74) is 0. The van der Waals surface area contributed by atoms with E-state index in [0.29, 0.717) is 26.1 Å². The normalized spacial score (nSPS) is 12.1. The first-order chi connectivity index (χ1) is 34.6. The first-order valence-electron chi connectivity index (χ1n) is 32.2. The Hall–Kier alpha value is -1.36. The maximum absolute atomic E-state index is 12.9. The molecule has 70 heavy (non-hydrogen) atoms. The van der Waals surface area contributed by atoms with Crippen LogP contribution in [0.15, 0.2) is 12.2 Å². The maximum atomic E-state index is 12.9. The fourth-order valence-electron chi connectivity index (χ4n) is 9.98. The molecule has 0 saturated heterocycles. The molecular weight excluding hydrogens is 861 g/mol. The fourth-order valence-corrected chi connectivity index (χ4v) is 9.98. The molecule has 0 heterocycles. The molecule has 0 amide bonds. The fraction of sp³-hybridized carbons (Fsp3) is 0.938. The topological polar surface area (TPSA) is 61.8 Å². The molecule has 0 aromatic heterocycles. The van der Waals surface area contributed by atoms with Crippen LogP contribution in [0.3, 0.4) is 0 Å². The van der Waals surface area contributed by atoms with Crippen LogP contribution < -0.4 is 0 Å². The predicted molar refractivity (Wildman–Crippen MR) is 307 cm³/mol. The second kappa shape index (κ2) is 61.9. The van der Waals surface area contributed by atoms with Crippen LogP contribution in [0.2, 0.25) is 0 Å². The van der Waals surface area contributed by atoms with Crippen molar-refractivity contribution in [3.05, 3.63) is 12.2 Å². The maximum Gasteiger partial charge on any atom is 0.306 e. The summed E-state index contributed by atoms with van der Waals surface area (Å²) in [7, 11) is 0.